The van der Waals surface area contributed by atoms with Crippen molar-refractivity contribution in [2.24, 2.45) is 7.05 Å². The lowest BCUT2D eigenvalue weighted by atomic mass is 9.93. The molecule has 1 aliphatic rings. The van der Waals surface area contributed by atoms with Gasteiger partial charge in [0.25, 0.3) is 21.8 Å². The van der Waals surface area contributed by atoms with Crippen LogP contribution in [-0.4, -0.2) is 80.2 Å². The zero-order valence-electron chi connectivity index (χ0n) is 27.4. The molecule has 2 aromatic heterocycles. The summed E-state index contributed by atoms with van der Waals surface area (Å²) in [6, 6.07) is 13.7. The van der Waals surface area contributed by atoms with Crippen molar-refractivity contribution >= 4 is 27.5 Å². The minimum absolute atomic E-state index is 0.159. The molecule has 3 heterocycles. The summed E-state index contributed by atoms with van der Waals surface area (Å²) in [6.07, 6.45) is 6.94. The van der Waals surface area contributed by atoms with Crippen LogP contribution in [0.25, 0.3) is 5.69 Å². The van der Waals surface area contributed by atoms with Gasteiger partial charge in [0.15, 0.2) is 10.7 Å². The van der Waals surface area contributed by atoms with E-state index in [1.54, 1.807) is 34.8 Å². The molecule has 2 aromatic carbocycles. The van der Waals surface area contributed by atoms with Gasteiger partial charge in [-0.25, -0.2) is 9.67 Å². The molecule has 0 saturated carbocycles. The minimum atomic E-state index is -4.05. The van der Waals surface area contributed by atoms with Gasteiger partial charge in [0.1, 0.15) is 0 Å². The molecule has 4 aromatic rings. The molecule has 47 heavy (non-hydrogen) atoms. The highest BCUT2D eigenvalue weighted by Crippen LogP contribution is 2.29. The predicted molar refractivity (Wildman–Crippen MR) is 179 cm³/mol. The highest BCUT2D eigenvalue weighted by Gasteiger charge is 2.32. The number of aryl methyl sites for hydroxylation is 2. The molecule has 0 fully saturated rings. The van der Waals surface area contributed by atoms with Crippen molar-refractivity contribution in [3.63, 3.8) is 0 Å². The second-order valence-electron chi connectivity index (χ2n) is 12.0. The van der Waals surface area contributed by atoms with Crippen molar-refractivity contribution in [2.45, 2.75) is 70.5 Å². The van der Waals surface area contributed by atoms with E-state index in [-0.39, 0.29) is 41.0 Å². The van der Waals surface area contributed by atoms with Crippen LogP contribution in [0.3, 0.4) is 0 Å². The summed E-state index contributed by atoms with van der Waals surface area (Å²) >= 11 is 0. The minimum Gasteiger partial charge on any atom is -0.394 e. The van der Waals surface area contributed by atoms with Crippen LogP contribution in [0, 0.1) is 6.92 Å². The number of imidazole rings is 1. The number of benzene rings is 2. The molecule has 250 valence electrons. The van der Waals surface area contributed by atoms with Crippen molar-refractivity contribution in [1.29, 1.82) is 0 Å². The van der Waals surface area contributed by atoms with Gasteiger partial charge in [-0.3, -0.25) is 14.3 Å². The Balaban J connectivity index is 1.56. The lowest BCUT2D eigenvalue weighted by Gasteiger charge is -2.36. The van der Waals surface area contributed by atoms with Crippen LogP contribution >= 0.6 is 0 Å². The van der Waals surface area contributed by atoms with Crippen molar-refractivity contribution in [3.05, 3.63) is 89.1 Å². The maximum atomic E-state index is 14.5. The molecular weight excluding hydrogens is 618 g/mol. The maximum Gasteiger partial charge on any atom is 0.280 e. The number of hydrogen-bond donors (Lipinski definition) is 2. The summed E-state index contributed by atoms with van der Waals surface area (Å²) in [5.74, 6) is -0.572. The standard InChI is InChI=1S/C34H43N7O5S/c1-5-7-15-39(16-8-6-2)34(44)30-17-24(3)41(36-30)31-14-13-27(37-47(45,46)32-21-38(4)23-35-32)19-29(31)33(43)40-20-26-12-10-9-11-25(26)18-28(40)22-42/h9-14,17,19,21,23,28,37,42H,5-8,15-16,18,20,22H2,1-4H3/t28-/m0/s1. The first kappa shape index (κ1) is 33.9. The van der Waals surface area contributed by atoms with Crippen LogP contribution < -0.4 is 4.72 Å². The van der Waals surface area contributed by atoms with Gasteiger partial charge >= 0.3 is 0 Å². The molecule has 0 bridgehead atoms. The first-order chi connectivity index (χ1) is 22.6. The number of rotatable bonds is 13. The monoisotopic (exact) mass is 661 g/mol. The zero-order valence-corrected chi connectivity index (χ0v) is 28.2. The first-order valence-electron chi connectivity index (χ1n) is 16.1. The van der Waals surface area contributed by atoms with Gasteiger partial charge in [-0.1, -0.05) is 51.0 Å². The number of hydrogen-bond acceptors (Lipinski definition) is 7. The average molecular weight is 662 g/mol. The third-order valence-electron chi connectivity index (χ3n) is 8.45. The fraction of sp³-hybridized carbons (Fsp3) is 0.412. The number of aliphatic hydroxyl groups is 1. The molecule has 5 rings (SSSR count). The number of amides is 2. The maximum absolute atomic E-state index is 14.5. The normalized spacial score (nSPS) is 14.6. The highest BCUT2D eigenvalue weighted by atomic mass is 32.2. The number of aromatic nitrogens is 4. The second kappa shape index (κ2) is 14.5. The molecule has 13 heteroatoms. The topological polar surface area (TPSA) is 143 Å². The van der Waals surface area contributed by atoms with E-state index in [2.05, 4.69) is 28.7 Å². The van der Waals surface area contributed by atoms with Crippen LogP contribution in [-0.2, 0) is 30.0 Å². The van der Waals surface area contributed by atoms with Gasteiger partial charge < -0.3 is 19.5 Å². The third-order valence-corrected chi connectivity index (χ3v) is 9.71. The van der Waals surface area contributed by atoms with E-state index in [1.807, 2.05) is 36.1 Å². The number of carbonyl (C=O) groups excluding carboxylic acids is 2. The highest BCUT2D eigenvalue weighted by molar-refractivity contribution is 7.92. The number of anilines is 1. The van der Waals surface area contributed by atoms with E-state index in [0.717, 1.165) is 36.8 Å². The molecule has 0 radical (unpaired) electrons. The summed E-state index contributed by atoms with van der Waals surface area (Å²) in [6.45, 7) is 7.28. The van der Waals surface area contributed by atoms with Crippen LogP contribution in [0.15, 0.2) is 66.1 Å². The summed E-state index contributed by atoms with van der Waals surface area (Å²) < 4.78 is 31.9. The van der Waals surface area contributed by atoms with Crippen molar-refractivity contribution in [1.82, 2.24) is 29.1 Å². The Morgan fingerprint density at radius 2 is 1.74 bits per heavy atom. The summed E-state index contributed by atoms with van der Waals surface area (Å²) in [5, 5.41) is 14.9. The van der Waals surface area contributed by atoms with Crippen molar-refractivity contribution < 1.29 is 23.1 Å². The number of aliphatic hydroxyl groups excluding tert-OH is 1. The van der Waals surface area contributed by atoms with E-state index in [9.17, 15) is 23.1 Å². The van der Waals surface area contributed by atoms with Crippen LogP contribution in [0.1, 0.15) is 77.2 Å². The van der Waals surface area contributed by atoms with E-state index < -0.39 is 22.0 Å². The fourth-order valence-electron chi connectivity index (χ4n) is 5.83. The molecule has 2 amide bonds. The summed E-state index contributed by atoms with van der Waals surface area (Å²) in [5.41, 5.74) is 3.66. The third kappa shape index (κ3) is 7.41. The second-order valence-corrected chi connectivity index (χ2v) is 13.7. The van der Waals surface area contributed by atoms with E-state index in [1.165, 1.54) is 23.2 Å². The summed E-state index contributed by atoms with van der Waals surface area (Å²) in [4.78, 5) is 35.5. The number of sulfonamides is 1. The van der Waals surface area contributed by atoms with Gasteiger partial charge in [0.2, 0.25) is 0 Å². The van der Waals surface area contributed by atoms with E-state index in [4.69, 9.17) is 0 Å². The van der Waals surface area contributed by atoms with Gasteiger partial charge in [-0.2, -0.15) is 13.5 Å². The Bertz CT molecular complexity index is 1840. The van der Waals surface area contributed by atoms with Gasteiger partial charge in [0.05, 0.1) is 30.2 Å². The molecule has 1 atom stereocenters. The number of nitrogens with zero attached hydrogens (tertiary/aromatic N) is 6. The van der Waals surface area contributed by atoms with Crippen LogP contribution in [0.5, 0.6) is 0 Å². The number of unbranched alkanes of at least 4 members (excludes halogenated alkanes) is 2. The molecule has 2 N–H and O–H groups in total. The smallest absolute Gasteiger partial charge is 0.280 e. The van der Waals surface area contributed by atoms with Gasteiger partial charge in [-0.05, 0) is 61.6 Å². The Morgan fingerprint density at radius 1 is 1.04 bits per heavy atom. The van der Waals surface area contributed by atoms with Crippen LogP contribution in [0.4, 0.5) is 5.69 Å². The molecule has 0 saturated heterocycles. The van der Waals surface area contributed by atoms with Gasteiger partial charge in [0, 0.05) is 44.3 Å². The van der Waals surface area contributed by atoms with E-state index in [0.29, 0.717) is 30.9 Å². The summed E-state index contributed by atoms with van der Waals surface area (Å²) in [7, 11) is -2.38. The molecule has 1 aliphatic heterocycles. The molecule has 0 aliphatic carbocycles. The quantitative estimate of drug-likeness (QED) is 0.217. The largest absolute Gasteiger partial charge is 0.394 e. The lowest BCUT2D eigenvalue weighted by molar-refractivity contribution is 0.0544. The van der Waals surface area contributed by atoms with Crippen molar-refractivity contribution in [2.75, 3.05) is 24.4 Å². The Morgan fingerprint density at radius 3 is 2.38 bits per heavy atom. The Hall–Kier alpha value is -4.49. The molecule has 0 unspecified atom stereocenters. The predicted octanol–water partition coefficient (Wildman–Crippen LogP) is 4.32. The Labute approximate surface area is 276 Å². The number of fused-ring (bicyclic) bond motifs is 1. The average Bonchev–Trinajstić information content (AvgIpc) is 3.69. The molecule has 12 nitrogen and oxygen atoms in total. The first-order valence-corrected chi connectivity index (χ1v) is 17.5. The number of carbonyl (C=O) groups is 2. The number of nitrogens with one attached hydrogen (secondary N) is 1. The zero-order chi connectivity index (χ0) is 33.7. The fourth-order valence-corrected chi connectivity index (χ4v) is 6.86. The lowest BCUT2D eigenvalue weighted by Crippen LogP contribution is -2.46. The SMILES string of the molecule is CCCCN(CCCC)C(=O)c1cc(C)n(-c2ccc(NS(=O)(=O)c3cn(C)cn3)cc2C(=O)N2Cc3ccccc3C[C@H]2CO)n1. The van der Waals surface area contributed by atoms with E-state index >= 15 is 0 Å². The Kier molecular flexibility index (Phi) is 10.5. The van der Waals surface area contributed by atoms with Gasteiger partial charge in [-0.15, -0.1) is 0 Å². The van der Waals surface area contributed by atoms with Crippen molar-refractivity contribution in [3.8, 4) is 5.69 Å². The molecule has 0 spiro atoms. The van der Waals surface area contributed by atoms with Crippen LogP contribution in [0.2, 0.25) is 0 Å². The molecular formula is C34H43N7O5S.